The van der Waals surface area contributed by atoms with Crippen LogP contribution in [0.1, 0.15) is 31.1 Å². The Labute approximate surface area is 110 Å². The van der Waals surface area contributed by atoms with E-state index in [-0.39, 0.29) is 10.6 Å². The predicted octanol–water partition coefficient (Wildman–Crippen LogP) is 3.39. The zero-order valence-corrected chi connectivity index (χ0v) is 11.0. The number of carbonyl (C=O) groups excluding carboxylic acids is 1. The first kappa shape index (κ1) is 14.3. The van der Waals surface area contributed by atoms with Crippen LogP contribution >= 0.6 is 11.6 Å². The molecule has 0 bridgehead atoms. The van der Waals surface area contributed by atoms with Gasteiger partial charge in [0.05, 0.1) is 16.3 Å². The topological polar surface area (TPSA) is 75.6 Å². The fourth-order valence-electron chi connectivity index (χ4n) is 1.16. The molecule has 5 nitrogen and oxygen atoms in total. The summed E-state index contributed by atoms with van der Waals surface area (Å²) in [5.74, 6) is -1.08. The maximum atomic E-state index is 11.5. The van der Waals surface area contributed by atoms with Gasteiger partial charge in [-0.25, -0.2) is 9.59 Å². The Balaban J connectivity index is 2.80. The number of rotatable bonds is 2. The quantitative estimate of drug-likeness (QED) is 0.864. The summed E-state index contributed by atoms with van der Waals surface area (Å²) in [7, 11) is 0. The number of carboxylic acid groups (broad SMARTS) is 1. The Bertz CT molecular complexity index is 479. The van der Waals surface area contributed by atoms with E-state index in [0.29, 0.717) is 5.69 Å². The highest BCUT2D eigenvalue weighted by atomic mass is 35.5. The van der Waals surface area contributed by atoms with Crippen LogP contribution in [0.2, 0.25) is 5.02 Å². The summed E-state index contributed by atoms with van der Waals surface area (Å²) >= 11 is 5.86. The lowest BCUT2D eigenvalue weighted by Crippen LogP contribution is -2.27. The average Bonchev–Trinajstić information content (AvgIpc) is 2.17. The van der Waals surface area contributed by atoms with E-state index < -0.39 is 17.7 Å². The standard InChI is InChI=1S/C12H14ClNO4/c1-12(2,3)18-11(17)14-9-5-4-7(10(15)16)6-8(9)13/h4-6H,1-3H3,(H,14,17)(H,15,16). The second-order valence-electron chi connectivity index (χ2n) is 4.63. The number of benzene rings is 1. The molecular weight excluding hydrogens is 258 g/mol. The van der Waals surface area contributed by atoms with Crippen LogP contribution in [0.15, 0.2) is 18.2 Å². The van der Waals surface area contributed by atoms with Gasteiger partial charge in [-0.05, 0) is 39.0 Å². The zero-order chi connectivity index (χ0) is 13.9. The molecule has 0 radical (unpaired) electrons. The monoisotopic (exact) mass is 271 g/mol. The summed E-state index contributed by atoms with van der Waals surface area (Å²) in [4.78, 5) is 22.2. The summed E-state index contributed by atoms with van der Waals surface area (Å²) < 4.78 is 5.05. The maximum absolute atomic E-state index is 11.5. The van der Waals surface area contributed by atoms with Gasteiger partial charge in [0.1, 0.15) is 5.60 Å². The Morgan fingerprint density at radius 1 is 1.33 bits per heavy atom. The van der Waals surface area contributed by atoms with Gasteiger partial charge in [-0.2, -0.15) is 0 Å². The zero-order valence-electron chi connectivity index (χ0n) is 10.3. The number of nitrogens with one attached hydrogen (secondary N) is 1. The van der Waals surface area contributed by atoms with Crippen molar-refractivity contribution in [2.24, 2.45) is 0 Å². The molecule has 1 aromatic rings. The Morgan fingerprint density at radius 3 is 2.39 bits per heavy atom. The minimum absolute atomic E-state index is 0.0507. The van der Waals surface area contributed by atoms with Crippen LogP contribution in [0.5, 0.6) is 0 Å². The molecule has 0 aliphatic heterocycles. The maximum Gasteiger partial charge on any atom is 0.412 e. The van der Waals surface area contributed by atoms with E-state index in [2.05, 4.69) is 5.32 Å². The van der Waals surface area contributed by atoms with Gasteiger partial charge >= 0.3 is 12.1 Å². The number of carbonyl (C=O) groups is 2. The van der Waals surface area contributed by atoms with Gasteiger partial charge in [-0.15, -0.1) is 0 Å². The second kappa shape index (κ2) is 5.27. The molecular formula is C12H14ClNO4. The first-order valence-electron chi connectivity index (χ1n) is 5.22. The van der Waals surface area contributed by atoms with Crippen LogP contribution in [0.25, 0.3) is 0 Å². The van der Waals surface area contributed by atoms with Gasteiger partial charge in [0.15, 0.2) is 0 Å². The molecule has 6 heteroatoms. The molecule has 1 aromatic carbocycles. The molecule has 2 N–H and O–H groups in total. The predicted molar refractivity (Wildman–Crippen MR) is 68.3 cm³/mol. The van der Waals surface area contributed by atoms with E-state index in [1.807, 2.05) is 0 Å². The number of halogens is 1. The molecule has 0 saturated heterocycles. The Kier molecular flexibility index (Phi) is 4.19. The van der Waals surface area contributed by atoms with Gasteiger partial charge in [0.2, 0.25) is 0 Å². The van der Waals surface area contributed by atoms with Crippen LogP contribution in [-0.2, 0) is 4.74 Å². The molecule has 18 heavy (non-hydrogen) atoms. The van der Waals surface area contributed by atoms with E-state index in [1.165, 1.54) is 18.2 Å². The third-order valence-corrected chi connectivity index (χ3v) is 2.16. The van der Waals surface area contributed by atoms with Crippen LogP contribution in [0, 0.1) is 0 Å². The molecule has 0 aliphatic carbocycles. The molecule has 0 heterocycles. The van der Waals surface area contributed by atoms with Crippen LogP contribution in [0.3, 0.4) is 0 Å². The third kappa shape index (κ3) is 4.25. The highest BCUT2D eigenvalue weighted by Gasteiger charge is 2.17. The number of ether oxygens (including phenoxy) is 1. The van der Waals surface area contributed by atoms with Gasteiger partial charge in [0.25, 0.3) is 0 Å². The number of aromatic carboxylic acids is 1. The van der Waals surface area contributed by atoms with Gasteiger partial charge in [-0.1, -0.05) is 11.6 Å². The van der Waals surface area contributed by atoms with Crippen molar-refractivity contribution in [3.8, 4) is 0 Å². The van der Waals surface area contributed by atoms with E-state index >= 15 is 0 Å². The summed E-state index contributed by atoms with van der Waals surface area (Å²) in [6.45, 7) is 5.21. The van der Waals surface area contributed by atoms with Crippen molar-refractivity contribution in [3.05, 3.63) is 28.8 Å². The average molecular weight is 272 g/mol. The van der Waals surface area contributed by atoms with E-state index in [9.17, 15) is 9.59 Å². The van der Waals surface area contributed by atoms with Crippen molar-refractivity contribution in [2.75, 3.05) is 5.32 Å². The first-order valence-corrected chi connectivity index (χ1v) is 5.60. The smallest absolute Gasteiger partial charge is 0.412 e. The third-order valence-electron chi connectivity index (χ3n) is 1.85. The van der Waals surface area contributed by atoms with Gasteiger partial charge in [-0.3, -0.25) is 5.32 Å². The number of anilines is 1. The minimum atomic E-state index is -1.08. The molecule has 0 spiro atoms. The van der Waals surface area contributed by atoms with Crippen LogP contribution < -0.4 is 5.32 Å². The van der Waals surface area contributed by atoms with Gasteiger partial charge in [0, 0.05) is 0 Å². The largest absolute Gasteiger partial charge is 0.478 e. The highest BCUT2D eigenvalue weighted by Crippen LogP contribution is 2.23. The number of hydrogen-bond acceptors (Lipinski definition) is 3. The summed E-state index contributed by atoms with van der Waals surface area (Å²) in [5, 5.41) is 11.4. The SMILES string of the molecule is CC(C)(C)OC(=O)Nc1ccc(C(=O)O)cc1Cl. The van der Waals surface area contributed by atoms with Crippen molar-refractivity contribution in [3.63, 3.8) is 0 Å². The van der Waals surface area contributed by atoms with Crippen molar-refractivity contribution >= 4 is 29.4 Å². The van der Waals surface area contributed by atoms with Crippen molar-refractivity contribution in [1.29, 1.82) is 0 Å². The minimum Gasteiger partial charge on any atom is -0.478 e. The molecule has 0 aromatic heterocycles. The lowest BCUT2D eigenvalue weighted by atomic mass is 10.2. The van der Waals surface area contributed by atoms with Crippen molar-refractivity contribution in [1.82, 2.24) is 0 Å². The number of amides is 1. The molecule has 0 unspecified atom stereocenters. The normalized spacial score (nSPS) is 10.9. The van der Waals surface area contributed by atoms with Crippen molar-refractivity contribution in [2.45, 2.75) is 26.4 Å². The lowest BCUT2D eigenvalue weighted by Gasteiger charge is -2.20. The molecule has 0 aliphatic rings. The molecule has 0 fully saturated rings. The van der Waals surface area contributed by atoms with Crippen LogP contribution in [0.4, 0.5) is 10.5 Å². The molecule has 0 saturated carbocycles. The lowest BCUT2D eigenvalue weighted by molar-refractivity contribution is 0.0634. The van der Waals surface area contributed by atoms with Crippen LogP contribution in [-0.4, -0.2) is 22.8 Å². The molecule has 0 atom stereocenters. The first-order chi connectivity index (χ1) is 8.19. The highest BCUT2D eigenvalue weighted by molar-refractivity contribution is 6.34. The number of hydrogen-bond donors (Lipinski definition) is 2. The summed E-state index contributed by atoms with van der Waals surface area (Å²) in [6.07, 6.45) is -0.646. The Morgan fingerprint density at radius 2 is 1.94 bits per heavy atom. The van der Waals surface area contributed by atoms with E-state index in [1.54, 1.807) is 20.8 Å². The second-order valence-corrected chi connectivity index (χ2v) is 5.03. The summed E-state index contributed by atoms with van der Waals surface area (Å²) in [5.41, 5.74) is -0.261. The van der Waals surface area contributed by atoms with E-state index in [0.717, 1.165) is 0 Å². The number of carboxylic acids is 1. The molecule has 1 rings (SSSR count). The van der Waals surface area contributed by atoms with Crippen molar-refractivity contribution < 1.29 is 19.4 Å². The fraction of sp³-hybridized carbons (Fsp3) is 0.333. The molecule has 1 amide bonds. The fourth-order valence-corrected chi connectivity index (χ4v) is 1.39. The van der Waals surface area contributed by atoms with Gasteiger partial charge < -0.3 is 9.84 Å². The Hall–Kier alpha value is -1.75. The van der Waals surface area contributed by atoms with E-state index in [4.69, 9.17) is 21.4 Å². The summed E-state index contributed by atoms with van der Waals surface area (Å²) in [6, 6.07) is 4.02. The molecule has 98 valence electrons.